The van der Waals surface area contributed by atoms with Gasteiger partial charge in [0.15, 0.2) is 0 Å². The van der Waals surface area contributed by atoms with Gasteiger partial charge >= 0.3 is 0 Å². The van der Waals surface area contributed by atoms with Crippen molar-refractivity contribution in [3.8, 4) is 0 Å². The number of pyridine rings is 1. The Morgan fingerprint density at radius 2 is 2.06 bits per heavy atom. The molecule has 0 aliphatic heterocycles. The Kier molecular flexibility index (Phi) is 2.69. The van der Waals surface area contributed by atoms with Crippen molar-refractivity contribution in [2.24, 2.45) is 0 Å². The summed E-state index contributed by atoms with van der Waals surface area (Å²) in [5, 5.41) is 1.26. The van der Waals surface area contributed by atoms with Crippen LogP contribution in [0.25, 0.3) is 22.6 Å². The molecule has 2 nitrogen and oxygen atoms in total. The van der Waals surface area contributed by atoms with E-state index in [-0.39, 0.29) is 0 Å². The summed E-state index contributed by atoms with van der Waals surface area (Å²) in [5.41, 5.74) is 4.78. The summed E-state index contributed by atoms with van der Waals surface area (Å²) in [4.78, 5) is 7.43. The molecular weight excluding hydrogens is 220 g/mol. The molecule has 3 rings (SSSR count). The number of hydrogen-bond donors (Lipinski definition) is 1. The molecule has 0 saturated heterocycles. The van der Waals surface area contributed by atoms with Crippen molar-refractivity contribution in [3.05, 3.63) is 66.1 Å². The van der Waals surface area contributed by atoms with E-state index < -0.39 is 0 Å². The van der Waals surface area contributed by atoms with Crippen LogP contribution >= 0.6 is 0 Å². The fourth-order valence-corrected chi connectivity index (χ4v) is 2.19. The van der Waals surface area contributed by atoms with Crippen molar-refractivity contribution in [2.75, 3.05) is 0 Å². The van der Waals surface area contributed by atoms with Crippen molar-refractivity contribution >= 4 is 22.6 Å². The quantitative estimate of drug-likeness (QED) is 0.709. The minimum atomic E-state index is 1.13. The van der Waals surface area contributed by atoms with Gasteiger partial charge in [-0.15, -0.1) is 0 Å². The number of allylic oxidation sites excluding steroid dienone is 1. The van der Waals surface area contributed by atoms with E-state index in [1.165, 1.54) is 22.0 Å². The predicted molar refractivity (Wildman–Crippen MR) is 76.1 cm³/mol. The van der Waals surface area contributed by atoms with E-state index in [0.29, 0.717) is 0 Å². The van der Waals surface area contributed by atoms with Crippen molar-refractivity contribution < 1.29 is 0 Å². The Bertz CT molecular complexity index is 693. The first-order valence-electron chi connectivity index (χ1n) is 5.99. The zero-order chi connectivity index (χ0) is 12.4. The third-order valence-electron chi connectivity index (χ3n) is 3.08. The van der Waals surface area contributed by atoms with Crippen LogP contribution in [0, 0.1) is 0 Å². The number of hydrogen-bond acceptors (Lipinski definition) is 1. The number of nitrogens with one attached hydrogen (secondary N) is 1. The van der Waals surface area contributed by atoms with E-state index in [1.54, 1.807) is 6.20 Å². The fourth-order valence-electron chi connectivity index (χ4n) is 2.19. The summed E-state index contributed by atoms with van der Waals surface area (Å²) in [6.45, 7) is 2.13. The Morgan fingerprint density at radius 3 is 2.89 bits per heavy atom. The molecule has 0 amide bonds. The highest BCUT2D eigenvalue weighted by Gasteiger charge is 2.04. The third kappa shape index (κ3) is 1.93. The number of fused-ring (bicyclic) bond motifs is 1. The van der Waals surface area contributed by atoms with Crippen LogP contribution in [0.5, 0.6) is 0 Å². The van der Waals surface area contributed by atoms with Gasteiger partial charge < -0.3 is 4.98 Å². The van der Waals surface area contributed by atoms with Crippen LogP contribution in [0.3, 0.4) is 0 Å². The minimum absolute atomic E-state index is 1.13. The molecule has 18 heavy (non-hydrogen) atoms. The van der Waals surface area contributed by atoms with Crippen LogP contribution in [-0.4, -0.2) is 9.97 Å². The van der Waals surface area contributed by atoms with Gasteiger partial charge in [-0.05, 0) is 36.3 Å². The highest BCUT2D eigenvalue weighted by atomic mass is 14.7. The zero-order valence-corrected chi connectivity index (χ0v) is 10.2. The fraction of sp³-hybridized carbons (Fsp3) is 0.0625. The van der Waals surface area contributed by atoms with Crippen molar-refractivity contribution in [1.29, 1.82) is 0 Å². The largest absolute Gasteiger partial charge is 0.361 e. The number of nitrogens with zero attached hydrogens (tertiary/aromatic N) is 1. The normalized spacial score (nSPS) is 11.9. The number of rotatable bonds is 2. The highest BCUT2D eigenvalue weighted by Crippen LogP contribution is 2.25. The first-order valence-corrected chi connectivity index (χ1v) is 5.99. The number of para-hydroxylation sites is 1. The number of H-pyrrole nitrogens is 1. The summed E-state index contributed by atoms with van der Waals surface area (Å²) in [7, 11) is 0. The summed E-state index contributed by atoms with van der Waals surface area (Å²) >= 11 is 0. The summed E-state index contributed by atoms with van der Waals surface area (Å²) in [5.74, 6) is 0. The molecule has 3 aromatic rings. The van der Waals surface area contributed by atoms with Crippen LogP contribution in [0.1, 0.15) is 18.1 Å². The maximum Gasteiger partial charge on any atom is 0.0460 e. The van der Waals surface area contributed by atoms with E-state index in [0.717, 1.165) is 5.56 Å². The molecule has 0 aliphatic rings. The van der Waals surface area contributed by atoms with Crippen molar-refractivity contribution in [3.63, 3.8) is 0 Å². The molecule has 2 heteroatoms. The second kappa shape index (κ2) is 4.49. The van der Waals surface area contributed by atoms with Gasteiger partial charge in [0.05, 0.1) is 0 Å². The monoisotopic (exact) mass is 234 g/mol. The van der Waals surface area contributed by atoms with Crippen LogP contribution in [0.2, 0.25) is 0 Å². The van der Waals surface area contributed by atoms with E-state index in [1.807, 2.05) is 18.3 Å². The van der Waals surface area contributed by atoms with Gasteiger partial charge in [-0.2, -0.15) is 0 Å². The Balaban J connectivity index is 2.07. The minimum Gasteiger partial charge on any atom is -0.361 e. The molecular formula is C16H14N2. The van der Waals surface area contributed by atoms with Crippen LogP contribution in [-0.2, 0) is 0 Å². The third-order valence-corrected chi connectivity index (χ3v) is 3.08. The lowest BCUT2D eigenvalue weighted by atomic mass is 10.0. The molecule has 0 spiro atoms. The topological polar surface area (TPSA) is 28.7 Å². The molecule has 0 unspecified atom stereocenters. The summed E-state index contributed by atoms with van der Waals surface area (Å²) in [6, 6.07) is 12.4. The van der Waals surface area contributed by atoms with E-state index in [4.69, 9.17) is 0 Å². The molecule has 88 valence electrons. The maximum atomic E-state index is 4.13. The molecule has 2 heterocycles. The van der Waals surface area contributed by atoms with Crippen LogP contribution in [0.15, 0.2) is 55.0 Å². The van der Waals surface area contributed by atoms with Crippen LogP contribution < -0.4 is 0 Å². The Labute approximate surface area is 106 Å². The van der Waals surface area contributed by atoms with Gasteiger partial charge in [0, 0.05) is 35.1 Å². The average Bonchev–Trinajstić information content (AvgIpc) is 2.84. The second-order valence-corrected chi connectivity index (χ2v) is 4.36. The van der Waals surface area contributed by atoms with Gasteiger partial charge in [-0.25, -0.2) is 0 Å². The van der Waals surface area contributed by atoms with Crippen molar-refractivity contribution in [2.45, 2.75) is 6.92 Å². The molecule has 2 aromatic heterocycles. The molecule has 0 bridgehead atoms. The molecule has 0 aliphatic carbocycles. The zero-order valence-electron chi connectivity index (χ0n) is 10.2. The molecule has 1 aromatic carbocycles. The first-order chi connectivity index (χ1) is 8.84. The lowest BCUT2D eigenvalue weighted by Crippen LogP contribution is -1.79. The molecule has 0 fully saturated rings. The first kappa shape index (κ1) is 10.8. The van der Waals surface area contributed by atoms with Crippen LogP contribution in [0.4, 0.5) is 0 Å². The highest BCUT2D eigenvalue weighted by molar-refractivity contribution is 5.96. The second-order valence-electron chi connectivity index (χ2n) is 4.36. The lowest BCUT2D eigenvalue weighted by molar-refractivity contribution is 1.32. The van der Waals surface area contributed by atoms with E-state index in [9.17, 15) is 0 Å². The standard InChI is InChI=1S/C16H14N2/c1-12(9-13-5-4-8-17-10-13)15-11-18-16-7-3-2-6-14(15)16/h2-11,18H,1H3. The van der Waals surface area contributed by atoms with Gasteiger partial charge in [0.2, 0.25) is 0 Å². The van der Waals surface area contributed by atoms with Crippen molar-refractivity contribution in [1.82, 2.24) is 9.97 Å². The predicted octanol–water partition coefficient (Wildman–Crippen LogP) is 4.12. The molecule has 1 N–H and O–H groups in total. The average molecular weight is 234 g/mol. The van der Waals surface area contributed by atoms with Gasteiger partial charge in [0.1, 0.15) is 0 Å². The Morgan fingerprint density at radius 1 is 1.17 bits per heavy atom. The number of benzene rings is 1. The maximum absolute atomic E-state index is 4.13. The van der Waals surface area contributed by atoms with Gasteiger partial charge in [0.25, 0.3) is 0 Å². The molecule has 0 atom stereocenters. The Hall–Kier alpha value is -2.35. The smallest absolute Gasteiger partial charge is 0.0460 e. The number of aromatic amines is 1. The summed E-state index contributed by atoms with van der Waals surface area (Å²) < 4.78 is 0. The lowest BCUT2D eigenvalue weighted by Gasteiger charge is -2.00. The SMILES string of the molecule is CC(=Cc1cccnc1)c1c[nH]c2ccccc12. The van der Waals surface area contributed by atoms with E-state index >= 15 is 0 Å². The number of aromatic nitrogens is 2. The van der Waals surface area contributed by atoms with Gasteiger partial charge in [-0.3, -0.25) is 4.98 Å². The molecule has 0 saturated carbocycles. The molecule has 0 radical (unpaired) electrons. The summed E-state index contributed by atoms with van der Waals surface area (Å²) in [6.07, 6.45) is 7.88. The van der Waals surface area contributed by atoms with Gasteiger partial charge in [-0.1, -0.05) is 24.3 Å². The van der Waals surface area contributed by atoms with E-state index in [2.05, 4.69) is 53.4 Å².